The topological polar surface area (TPSA) is 110 Å². The summed E-state index contributed by atoms with van der Waals surface area (Å²) >= 11 is 0. The van der Waals surface area contributed by atoms with E-state index in [0.717, 1.165) is 4.90 Å². The van der Waals surface area contributed by atoms with Crippen LogP contribution in [0.2, 0.25) is 0 Å². The number of amides is 3. The van der Waals surface area contributed by atoms with Crippen molar-refractivity contribution >= 4 is 23.5 Å². The summed E-state index contributed by atoms with van der Waals surface area (Å²) in [5.74, 6) is -1.86. The molecule has 0 bridgehead atoms. The second kappa shape index (κ2) is 4.65. The molecule has 0 spiro atoms. The van der Waals surface area contributed by atoms with E-state index < -0.39 is 17.7 Å². The maximum atomic E-state index is 11.1. The quantitative estimate of drug-likeness (QED) is 0.499. The standard InChI is InChI=1S/C8H11N3O4/c9-2-6(13)10-7(14)4-11-3-5(12)1-8(11)15/h1-4,9H2,(H,10,13,14). The molecule has 0 radical (unpaired) electrons. The number of nitrogens with two attached hydrogens (primary N) is 1. The molecular weight excluding hydrogens is 202 g/mol. The van der Waals surface area contributed by atoms with Gasteiger partial charge in [-0.05, 0) is 0 Å². The van der Waals surface area contributed by atoms with Gasteiger partial charge in [0.2, 0.25) is 17.7 Å². The first-order valence-corrected chi connectivity index (χ1v) is 4.35. The zero-order valence-corrected chi connectivity index (χ0v) is 7.99. The molecule has 1 aliphatic heterocycles. The van der Waals surface area contributed by atoms with Crippen molar-refractivity contribution in [1.29, 1.82) is 0 Å². The molecule has 0 aromatic carbocycles. The van der Waals surface area contributed by atoms with Gasteiger partial charge >= 0.3 is 0 Å². The van der Waals surface area contributed by atoms with Gasteiger partial charge in [-0.2, -0.15) is 0 Å². The van der Waals surface area contributed by atoms with Crippen LogP contribution in [0.1, 0.15) is 6.42 Å². The van der Waals surface area contributed by atoms with Crippen LogP contribution in [0.5, 0.6) is 0 Å². The van der Waals surface area contributed by atoms with Crippen LogP contribution >= 0.6 is 0 Å². The maximum Gasteiger partial charge on any atom is 0.246 e. The fourth-order valence-electron chi connectivity index (χ4n) is 1.20. The van der Waals surface area contributed by atoms with E-state index in [1.54, 1.807) is 0 Å². The molecule has 1 rings (SSSR count). The van der Waals surface area contributed by atoms with E-state index in [9.17, 15) is 19.2 Å². The summed E-state index contributed by atoms with van der Waals surface area (Å²) in [6.45, 7) is -0.641. The first kappa shape index (κ1) is 11.3. The lowest BCUT2D eigenvalue weighted by Crippen LogP contribution is -2.42. The Morgan fingerprint density at radius 1 is 1.33 bits per heavy atom. The Labute approximate surface area is 85.6 Å². The molecule has 1 aliphatic rings. The molecule has 0 aliphatic carbocycles. The number of carbonyl (C=O) groups is 4. The summed E-state index contributed by atoms with van der Waals surface area (Å²) in [4.78, 5) is 44.9. The number of nitrogens with zero attached hydrogens (tertiary/aromatic N) is 1. The monoisotopic (exact) mass is 213 g/mol. The van der Waals surface area contributed by atoms with Crippen LogP contribution in [-0.2, 0) is 19.2 Å². The van der Waals surface area contributed by atoms with Gasteiger partial charge in [0.15, 0.2) is 5.78 Å². The minimum Gasteiger partial charge on any atom is -0.326 e. The molecule has 82 valence electrons. The minimum absolute atomic E-state index is 0.0664. The van der Waals surface area contributed by atoms with Gasteiger partial charge in [0, 0.05) is 0 Å². The highest BCUT2D eigenvalue weighted by Gasteiger charge is 2.28. The van der Waals surface area contributed by atoms with Crippen molar-refractivity contribution in [1.82, 2.24) is 10.2 Å². The zero-order chi connectivity index (χ0) is 11.4. The van der Waals surface area contributed by atoms with Crippen molar-refractivity contribution in [2.75, 3.05) is 19.6 Å². The van der Waals surface area contributed by atoms with E-state index in [0.29, 0.717) is 0 Å². The number of Topliss-reactive ketones (excluding diaryl/α,β-unsaturated/α-hetero) is 1. The smallest absolute Gasteiger partial charge is 0.246 e. The van der Waals surface area contributed by atoms with E-state index in [1.165, 1.54) is 0 Å². The summed E-state index contributed by atoms with van der Waals surface area (Å²) in [7, 11) is 0. The fourth-order valence-corrected chi connectivity index (χ4v) is 1.20. The molecule has 3 N–H and O–H groups in total. The van der Waals surface area contributed by atoms with Gasteiger partial charge in [-0.15, -0.1) is 0 Å². The van der Waals surface area contributed by atoms with Crippen LogP contribution in [0.15, 0.2) is 0 Å². The lowest BCUT2D eigenvalue weighted by Gasteiger charge is -2.13. The Balaban J connectivity index is 2.42. The largest absolute Gasteiger partial charge is 0.326 e. The molecule has 15 heavy (non-hydrogen) atoms. The Bertz CT molecular complexity index is 326. The van der Waals surface area contributed by atoms with Crippen LogP contribution in [0, 0.1) is 0 Å². The minimum atomic E-state index is -0.631. The van der Waals surface area contributed by atoms with Crippen molar-refractivity contribution in [3.05, 3.63) is 0 Å². The van der Waals surface area contributed by atoms with Crippen molar-refractivity contribution in [2.45, 2.75) is 6.42 Å². The fraction of sp³-hybridized carbons (Fsp3) is 0.500. The number of imide groups is 1. The van der Waals surface area contributed by atoms with Gasteiger partial charge in [-0.1, -0.05) is 0 Å². The first-order valence-electron chi connectivity index (χ1n) is 4.35. The van der Waals surface area contributed by atoms with Gasteiger partial charge in [0.1, 0.15) is 6.54 Å². The second-order valence-corrected chi connectivity index (χ2v) is 3.14. The molecule has 0 aromatic heterocycles. The summed E-state index contributed by atoms with van der Waals surface area (Å²) < 4.78 is 0. The van der Waals surface area contributed by atoms with Crippen LogP contribution in [0.4, 0.5) is 0 Å². The van der Waals surface area contributed by atoms with Gasteiger partial charge in [0.05, 0.1) is 19.5 Å². The molecule has 1 fully saturated rings. The number of rotatable bonds is 3. The third-order valence-corrected chi connectivity index (χ3v) is 1.87. The summed E-state index contributed by atoms with van der Waals surface area (Å²) in [6.07, 6.45) is -0.169. The SMILES string of the molecule is NCC(=O)NC(=O)CN1CC(=O)CC1=O. The van der Waals surface area contributed by atoms with Crippen LogP contribution in [-0.4, -0.2) is 48.0 Å². The highest BCUT2D eigenvalue weighted by molar-refractivity contribution is 6.07. The molecule has 7 nitrogen and oxygen atoms in total. The van der Waals surface area contributed by atoms with Crippen LogP contribution in [0.3, 0.4) is 0 Å². The second-order valence-electron chi connectivity index (χ2n) is 3.14. The lowest BCUT2D eigenvalue weighted by molar-refractivity contribution is -0.136. The predicted molar refractivity (Wildman–Crippen MR) is 48.4 cm³/mol. The highest BCUT2D eigenvalue weighted by Crippen LogP contribution is 2.04. The molecule has 0 atom stereocenters. The number of carbonyl (C=O) groups excluding carboxylic acids is 4. The Morgan fingerprint density at radius 3 is 2.47 bits per heavy atom. The lowest BCUT2D eigenvalue weighted by atomic mass is 10.3. The van der Waals surface area contributed by atoms with Crippen molar-refractivity contribution in [2.24, 2.45) is 5.73 Å². The van der Waals surface area contributed by atoms with Gasteiger partial charge in [0.25, 0.3) is 0 Å². The van der Waals surface area contributed by atoms with E-state index >= 15 is 0 Å². The van der Waals surface area contributed by atoms with Crippen LogP contribution < -0.4 is 11.1 Å². The Kier molecular flexibility index (Phi) is 3.51. The van der Waals surface area contributed by atoms with Crippen molar-refractivity contribution in [3.8, 4) is 0 Å². The van der Waals surface area contributed by atoms with E-state index in [1.807, 2.05) is 5.32 Å². The summed E-state index contributed by atoms with van der Waals surface area (Å²) in [5.41, 5.74) is 4.98. The summed E-state index contributed by atoms with van der Waals surface area (Å²) in [5, 5.41) is 1.98. The van der Waals surface area contributed by atoms with Gasteiger partial charge in [-0.3, -0.25) is 24.5 Å². The van der Waals surface area contributed by atoms with Crippen molar-refractivity contribution in [3.63, 3.8) is 0 Å². The Hall–Kier alpha value is -1.76. The Morgan fingerprint density at radius 2 is 2.00 bits per heavy atom. The number of nitrogens with one attached hydrogen (secondary N) is 1. The molecule has 0 aromatic rings. The number of likely N-dealkylation sites (tertiary alicyclic amines) is 1. The van der Waals surface area contributed by atoms with Crippen LogP contribution in [0.25, 0.3) is 0 Å². The number of hydrogen-bond acceptors (Lipinski definition) is 5. The predicted octanol–water partition coefficient (Wildman–Crippen LogP) is -2.61. The van der Waals surface area contributed by atoms with Crippen molar-refractivity contribution < 1.29 is 19.2 Å². The van der Waals surface area contributed by atoms with Gasteiger partial charge in [-0.25, -0.2) is 0 Å². The third-order valence-electron chi connectivity index (χ3n) is 1.87. The average molecular weight is 213 g/mol. The summed E-state index contributed by atoms with van der Waals surface area (Å²) in [6, 6.07) is 0. The van der Waals surface area contributed by atoms with E-state index in [-0.39, 0.29) is 31.8 Å². The molecule has 1 saturated heterocycles. The molecule has 7 heteroatoms. The number of hydrogen-bond donors (Lipinski definition) is 2. The molecular formula is C8H11N3O4. The molecule has 0 unspecified atom stereocenters. The highest BCUT2D eigenvalue weighted by atomic mass is 16.2. The number of ketones is 1. The molecule has 0 saturated carbocycles. The zero-order valence-electron chi connectivity index (χ0n) is 7.99. The third kappa shape index (κ3) is 3.13. The first-order chi connectivity index (χ1) is 7.02. The average Bonchev–Trinajstić information content (AvgIpc) is 2.44. The molecule has 3 amide bonds. The van der Waals surface area contributed by atoms with E-state index in [4.69, 9.17) is 5.73 Å². The molecule has 1 heterocycles. The maximum absolute atomic E-state index is 11.1. The van der Waals surface area contributed by atoms with Gasteiger partial charge < -0.3 is 10.6 Å². The normalized spacial score (nSPS) is 15.7. The van der Waals surface area contributed by atoms with E-state index in [2.05, 4.69) is 0 Å².